The van der Waals surface area contributed by atoms with E-state index in [0.29, 0.717) is 11.1 Å². The maximum absolute atomic E-state index is 12.8. The van der Waals surface area contributed by atoms with E-state index in [2.05, 4.69) is 15.9 Å². The van der Waals surface area contributed by atoms with E-state index in [9.17, 15) is 18.0 Å². The minimum absolute atomic E-state index is 0.119. The van der Waals surface area contributed by atoms with Crippen LogP contribution in [0.1, 0.15) is 17.3 Å². The Morgan fingerprint density at radius 2 is 1.96 bits per heavy atom. The largest absolute Gasteiger partial charge is 0.355 e. The predicted octanol–water partition coefficient (Wildman–Crippen LogP) is 1.48. The highest BCUT2D eigenvalue weighted by molar-refractivity contribution is 9.10. The number of carbonyl (C=O) groups excluding carboxylic acids is 2. The number of benzene rings is 1. The van der Waals surface area contributed by atoms with E-state index in [-0.39, 0.29) is 17.2 Å². The fourth-order valence-electron chi connectivity index (χ4n) is 2.96. The van der Waals surface area contributed by atoms with Gasteiger partial charge in [0.1, 0.15) is 0 Å². The van der Waals surface area contributed by atoms with Gasteiger partial charge in [0.05, 0.1) is 11.4 Å². The number of rotatable bonds is 3. The van der Waals surface area contributed by atoms with E-state index in [1.165, 1.54) is 7.11 Å². The molecule has 0 aromatic heterocycles. The summed E-state index contributed by atoms with van der Waals surface area (Å²) in [4.78, 5) is 26.2. The molecule has 1 amide bonds. The molecule has 23 heavy (non-hydrogen) atoms. The number of β-lactam (4-membered cyclic amide) rings is 1. The molecule has 1 fully saturated rings. The van der Waals surface area contributed by atoms with E-state index in [1.54, 1.807) is 37.3 Å². The summed E-state index contributed by atoms with van der Waals surface area (Å²) in [5, 5.41) is -1.24. The van der Waals surface area contributed by atoms with E-state index < -0.39 is 25.6 Å². The van der Waals surface area contributed by atoms with Gasteiger partial charge < -0.3 is 4.74 Å². The van der Waals surface area contributed by atoms with Gasteiger partial charge in [-0.1, -0.05) is 30.3 Å². The Bertz CT molecular complexity index is 833. The van der Waals surface area contributed by atoms with Crippen LogP contribution in [0.4, 0.5) is 0 Å². The number of methoxy groups -OCH3 is 1. The summed E-state index contributed by atoms with van der Waals surface area (Å²) in [6.07, 6.45) is 0. The van der Waals surface area contributed by atoms with Crippen molar-refractivity contribution < 1.29 is 22.7 Å². The average molecular weight is 400 g/mol. The topological polar surface area (TPSA) is 80.8 Å². The molecule has 8 heteroatoms. The number of nitrogens with zero attached hydrogens (tertiary/aromatic N) is 1. The average Bonchev–Trinajstić information content (AvgIpc) is 2.52. The van der Waals surface area contributed by atoms with Gasteiger partial charge in [-0.05, 0) is 28.4 Å². The Morgan fingerprint density at radius 1 is 1.35 bits per heavy atom. The minimum atomic E-state index is -3.65. The van der Waals surface area contributed by atoms with Gasteiger partial charge in [-0.25, -0.2) is 8.42 Å². The van der Waals surface area contributed by atoms with Gasteiger partial charge in [0, 0.05) is 12.7 Å². The van der Waals surface area contributed by atoms with Crippen molar-refractivity contribution in [1.29, 1.82) is 0 Å². The second kappa shape index (κ2) is 5.25. The lowest BCUT2D eigenvalue weighted by Gasteiger charge is -2.53. The summed E-state index contributed by atoms with van der Waals surface area (Å²) in [7, 11) is -2.40. The van der Waals surface area contributed by atoms with Gasteiger partial charge in [-0.3, -0.25) is 14.5 Å². The molecule has 0 spiro atoms. The highest BCUT2D eigenvalue weighted by Gasteiger charge is 2.69. The van der Waals surface area contributed by atoms with Gasteiger partial charge in [-0.15, -0.1) is 0 Å². The quantitative estimate of drug-likeness (QED) is 0.436. The molecule has 1 saturated heterocycles. The monoisotopic (exact) mass is 399 g/mol. The number of halogens is 1. The lowest BCUT2D eigenvalue weighted by Crippen LogP contribution is -2.75. The molecule has 0 bridgehead atoms. The number of carbonyl (C=O) groups is 2. The molecular weight excluding hydrogens is 386 g/mol. The SMILES string of the molecule is COC1(Br)C(=O)N2C(C(=O)c3ccccc3)=C(C)CS(=O)(=O)[C@@H]21. The Balaban J connectivity index is 2.12. The molecule has 2 aliphatic heterocycles. The molecule has 2 heterocycles. The summed E-state index contributed by atoms with van der Waals surface area (Å²) in [5.41, 5.74) is 0.874. The number of hydrogen-bond acceptors (Lipinski definition) is 5. The summed E-state index contributed by atoms with van der Waals surface area (Å²) in [6, 6.07) is 8.45. The first-order valence-corrected chi connectivity index (χ1v) is 9.33. The van der Waals surface area contributed by atoms with Crippen molar-refractivity contribution in [1.82, 2.24) is 4.90 Å². The highest BCUT2D eigenvalue weighted by Crippen LogP contribution is 2.48. The van der Waals surface area contributed by atoms with Crippen LogP contribution in [0.3, 0.4) is 0 Å². The van der Waals surface area contributed by atoms with Gasteiger partial charge in [0.2, 0.25) is 10.3 Å². The van der Waals surface area contributed by atoms with Crippen molar-refractivity contribution in [2.75, 3.05) is 12.9 Å². The first-order valence-electron chi connectivity index (χ1n) is 6.83. The fourth-order valence-corrected chi connectivity index (χ4v) is 6.29. The molecule has 0 saturated carbocycles. The van der Waals surface area contributed by atoms with Crippen LogP contribution in [0.2, 0.25) is 0 Å². The molecule has 0 aliphatic carbocycles. The van der Waals surface area contributed by atoms with Crippen molar-refractivity contribution in [3.05, 3.63) is 47.2 Å². The number of ketones is 1. The van der Waals surface area contributed by atoms with E-state index in [4.69, 9.17) is 4.74 Å². The van der Waals surface area contributed by atoms with Crippen molar-refractivity contribution >= 4 is 37.5 Å². The minimum Gasteiger partial charge on any atom is -0.355 e. The van der Waals surface area contributed by atoms with Crippen LogP contribution >= 0.6 is 15.9 Å². The number of amides is 1. The third-order valence-corrected chi connectivity index (χ3v) is 7.47. The highest BCUT2D eigenvalue weighted by atomic mass is 79.9. The molecule has 1 aromatic rings. The van der Waals surface area contributed by atoms with E-state index in [1.807, 2.05) is 0 Å². The zero-order chi connectivity index (χ0) is 17.0. The Hall–Kier alpha value is -1.51. The molecule has 6 nitrogen and oxygen atoms in total. The molecule has 1 aromatic carbocycles. The van der Waals surface area contributed by atoms with Gasteiger partial charge in [0.25, 0.3) is 5.91 Å². The molecule has 3 rings (SSSR count). The summed E-state index contributed by atoms with van der Waals surface area (Å²) >= 11 is 3.08. The smallest absolute Gasteiger partial charge is 0.275 e. The van der Waals surface area contributed by atoms with Crippen molar-refractivity contribution in [2.45, 2.75) is 16.8 Å². The van der Waals surface area contributed by atoms with Crippen LogP contribution in [0.5, 0.6) is 0 Å². The summed E-state index contributed by atoms with van der Waals surface area (Å²) < 4.78 is 28.3. The number of ether oxygens (including phenoxy) is 1. The lowest BCUT2D eigenvalue weighted by molar-refractivity contribution is -0.163. The van der Waals surface area contributed by atoms with Crippen LogP contribution in [0.15, 0.2) is 41.6 Å². The van der Waals surface area contributed by atoms with Crippen LogP contribution in [-0.4, -0.2) is 47.8 Å². The first kappa shape index (κ1) is 16.4. The van der Waals surface area contributed by atoms with E-state index >= 15 is 0 Å². The number of Topliss-reactive ketones (excluding diaryl/α,β-unsaturated/α-hetero) is 1. The molecule has 2 aliphatic rings. The maximum Gasteiger partial charge on any atom is 0.275 e. The Kier molecular flexibility index (Phi) is 3.74. The third kappa shape index (κ3) is 2.20. The molecule has 0 N–H and O–H groups in total. The normalized spacial score (nSPS) is 29.1. The Labute approximate surface area is 142 Å². The van der Waals surface area contributed by atoms with Crippen LogP contribution in [0.25, 0.3) is 0 Å². The van der Waals surface area contributed by atoms with Crippen molar-refractivity contribution in [3.8, 4) is 0 Å². The number of alkyl halides is 1. The number of allylic oxidation sites excluding steroid dienone is 1. The van der Waals surface area contributed by atoms with Gasteiger partial charge in [0.15, 0.2) is 15.2 Å². The summed E-state index contributed by atoms with van der Waals surface area (Å²) in [6.45, 7) is 1.55. The van der Waals surface area contributed by atoms with Gasteiger partial charge >= 0.3 is 0 Å². The molecule has 1 unspecified atom stereocenters. The number of hydrogen-bond donors (Lipinski definition) is 0. The summed E-state index contributed by atoms with van der Waals surface area (Å²) in [5.74, 6) is -1.25. The standard InChI is InChI=1S/C15H14BrNO5S/c1-9-8-23(20,21)14-15(16,22-2)13(19)17(14)11(9)12(18)10-6-4-3-5-7-10/h3-7,14H,8H2,1-2H3/t14-,15?/m1/s1. The zero-order valence-corrected chi connectivity index (χ0v) is 14.8. The fraction of sp³-hybridized carbons (Fsp3) is 0.333. The lowest BCUT2D eigenvalue weighted by atomic mass is 9.99. The zero-order valence-electron chi connectivity index (χ0n) is 12.4. The second-order valence-corrected chi connectivity index (χ2v) is 8.75. The van der Waals surface area contributed by atoms with Crippen LogP contribution in [-0.2, 0) is 19.4 Å². The van der Waals surface area contributed by atoms with Crippen molar-refractivity contribution in [2.24, 2.45) is 0 Å². The van der Waals surface area contributed by atoms with E-state index in [0.717, 1.165) is 4.90 Å². The third-order valence-electron chi connectivity index (χ3n) is 4.01. The number of fused-ring (bicyclic) bond motifs is 1. The Morgan fingerprint density at radius 3 is 2.52 bits per heavy atom. The van der Waals surface area contributed by atoms with Crippen molar-refractivity contribution in [3.63, 3.8) is 0 Å². The molecular formula is C15H14BrNO5S. The molecule has 0 radical (unpaired) electrons. The first-order chi connectivity index (χ1) is 10.7. The maximum atomic E-state index is 12.8. The predicted molar refractivity (Wildman–Crippen MR) is 86.6 cm³/mol. The van der Waals surface area contributed by atoms with Gasteiger partial charge in [-0.2, -0.15) is 0 Å². The molecule has 122 valence electrons. The second-order valence-electron chi connectivity index (χ2n) is 5.51. The van der Waals surface area contributed by atoms with Crippen LogP contribution < -0.4 is 0 Å². The van der Waals surface area contributed by atoms with Crippen LogP contribution in [0, 0.1) is 0 Å². The molecule has 2 atom stereocenters. The number of sulfone groups is 1.